The third kappa shape index (κ3) is 3.08. The van der Waals surface area contributed by atoms with Crippen molar-refractivity contribution in [2.75, 3.05) is 26.7 Å². The highest BCUT2D eigenvalue weighted by Gasteiger charge is 2.23. The largest absolute Gasteiger partial charge is 0.300 e. The quantitative estimate of drug-likeness (QED) is 0.773. The zero-order valence-corrected chi connectivity index (χ0v) is 11.3. The second-order valence-corrected chi connectivity index (χ2v) is 5.33. The number of rotatable bonds is 2. The highest BCUT2D eigenvalue weighted by atomic mass is 15.2. The lowest BCUT2D eigenvalue weighted by Crippen LogP contribution is -2.34. The maximum atomic E-state index is 2.58. The van der Waals surface area contributed by atoms with E-state index in [2.05, 4.69) is 61.0 Å². The van der Waals surface area contributed by atoms with Crippen LogP contribution in [-0.2, 0) is 0 Å². The van der Waals surface area contributed by atoms with Crippen LogP contribution in [0.3, 0.4) is 0 Å². The van der Waals surface area contributed by atoms with E-state index in [1.165, 1.54) is 25.1 Å². The van der Waals surface area contributed by atoms with Crippen molar-refractivity contribution in [3.05, 3.63) is 35.9 Å². The van der Waals surface area contributed by atoms with Gasteiger partial charge in [0.1, 0.15) is 0 Å². The summed E-state index contributed by atoms with van der Waals surface area (Å²) >= 11 is 0. The molecule has 1 atom stereocenters. The van der Waals surface area contributed by atoms with Crippen LogP contribution in [0, 0.1) is 0 Å². The summed E-state index contributed by atoms with van der Waals surface area (Å²) in [6, 6.07) is 12.2. The number of likely N-dealkylation sites (N-methyl/N-ethyl adjacent to an activating group) is 1. The van der Waals surface area contributed by atoms with Crippen molar-refractivity contribution in [2.45, 2.75) is 32.4 Å². The van der Waals surface area contributed by atoms with Gasteiger partial charge in [-0.05, 0) is 32.9 Å². The summed E-state index contributed by atoms with van der Waals surface area (Å²) in [6.45, 7) is 8.16. The van der Waals surface area contributed by atoms with Crippen molar-refractivity contribution in [1.82, 2.24) is 9.80 Å². The number of benzene rings is 1. The van der Waals surface area contributed by atoms with Crippen LogP contribution in [0.5, 0.6) is 0 Å². The highest BCUT2D eigenvalue weighted by molar-refractivity contribution is 5.19. The van der Waals surface area contributed by atoms with Crippen LogP contribution in [0.2, 0.25) is 0 Å². The van der Waals surface area contributed by atoms with E-state index in [1.807, 2.05) is 0 Å². The summed E-state index contributed by atoms with van der Waals surface area (Å²) in [7, 11) is 2.25. The summed E-state index contributed by atoms with van der Waals surface area (Å²) < 4.78 is 0. The van der Waals surface area contributed by atoms with E-state index in [9.17, 15) is 0 Å². The van der Waals surface area contributed by atoms with E-state index in [0.717, 1.165) is 6.54 Å². The van der Waals surface area contributed by atoms with Crippen LogP contribution in [0.25, 0.3) is 0 Å². The molecule has 94 valence electrons. The van der Waals surface area contributed by atoms with Crippen LogP contribution in [0.15, 0.2) is 30.3 Å². The Morgan fingerprint density at radius 1 is 1.06 bits per heavy atom. The van der Waals surface area contributed by atoms with Gasteiger partial charge in [-0.25, -0.2) is 0 Å². The Bertz CT molecular complexity index is 334. The Morgan fingerprint density at radius 3 is 2.41 bits per heavy atom. The molecule has 0 saturated carbocycles. The first-order valence-electron chi connectivity index (χ1n) is 6.67. The SMILES string of the molecule is CC(C)N1CCC(c2ccccc2)N(C)CC1. The zero-order chi connectivity index (χ0) is 12.3. The molecule has 0 spiro atoms. The second kappa shape index (κ2) is 5.65. The minimum atomic E-state index is 0.583. The average molecular weight is 232 g/mol. The third-order valence-electron chi connectivity index (χ3n) is 3.88. The molecule has 0 aromatic heterocycles. The summed E-state index contributed by atoms with van der Waals surface area (Å²) in [5, 5.41) is 0. The van der Waals surface area contributed by atoms with Gasteiger partial charge in [-0.2, -0.15) is 0 Å². The van der Waals surface area contributed by atoms with Gasteiger partial charge in [-0.3, -0.25) is 9.80 Å². The fourth-order valence-corrected chi connectivity index (χ4v) is 2.68. The standard InChI is InChI=1S/C15H24N2/c1-13(2)17-10-9-15(16(3)11-12-17)14-7-5-4-6-8-14/h4-8,13,15H,9-12H2,1-3H3. The summed E-state index contributed by atoms with van der Waals surface area (Å²) in [5.74, 6) is 0. The Morgan fingerprint density at radius 2 is 1.76 bits per heavy atom. The van der Waals surface area contributed by atoms with E-state index < -0.39 is 0 Å². The monoisotopic (exact) mass is 232 g/mol. The van der Waals surface area contributed by atoms with Gasteiger partial charge in [0.25, 0.3) is 0 Å². The maximum Gasteiger partial charge on any atom is 0.0357 e. The van der Waals surface area contributed by atoms with E-state index in [-0.39, 0.29) is 0 Å². The molecule has 0 amide bonds. The minimum Gasteiger partial charge on any atom is -0.300 e. The summed E-state index contributed by atoms with van der Waals surface area (Å²) in [6.07, 6.45) is 1.23. The molecule has 1 unspecified atom stereocenters. The Balaban J connectivity index is 2.09. The van der Waals surface area contributed by atoms with Gasteiger partial charge >= 0.3 is 0 Å². The molecule has 0 bridgehead atoms. The predicted octanol–water partition coefficient (Wildman–Crippen LogP) is 2.77. The molecule has 1 aromatic carbocycles. The van der Waals surface area contributed by atoms with E-state index in [1.54, 1.807) is 0 Å². The number of hydrogen-bond donors (Lipinski definition) is 0. The first-order chi connectivity index (χ1) is 8.18. The molecule has 1 saturated heterocycles. The van der Waals surface area contributed by atoms with Crippen molar-refractivity contribution in [2.24, 2.45) is 0 Å². The lowest BCUT2D eigenvalue weighted by molar-refractivity contribution is 0.225. The smallest absolute Gasteiger partial charge is 0.0357 e. The molecule has 2 nitrogen and oxygen atoms in total. The van der Waals surface area contributed by atoms with Crippen LogP contribution >= 0.6 is 0 Å². The van der Waals surface area contributed by atoms with Crippen molar-refractivity contribution in [3.8, 4) is 0 Å². The van der Waals surface area contributed by atoms with E-state index >= 15 is 0 Å². The van der Waals surface area contributed by atoms with Crippen LogP contribution < -0.4 is 0 Å². The Hall–Kier alpha value is -0.860. The number of nitrogens with zero attached hydrogens (tertiary/aromatic N) is 2. The predicted molar refractivity (Wildman–Crippen MR) is 73.1 cm³/mol. The van der Waals surface area contributed by atoms with Crippen molar-refractivity contribution in [1.29, 1.82) is 0 Å². The molecular formula is C15H24N2. The van der Waals surface area contributed by atoms with Crippen molar-refractivity contribution < 1.29 is 0 Å². The number of hydrogen-bond acceptors (Lipinski definition) is 2. The lowest BCUT2D eigenvalue weighted by atomic mass is 10.0. The molecule has 0 aliphatic carbocycles. The van der Waals surface area contributed by atoms with Crippen molar-refractivity contribution in [3.63, 3.8) is 0 Å². The molecule has 17 heavy (non-hydrogen) atoms. The van der Waals surface area contributed by atoms with Gasteiger partial charge in [0.2, 0.25) is 0 Å². The van der Waals surface area contributed by atoms with Gasteiger partial charge in [0.15, 0.2) is 0 Å². The molecule has 1 aliphatic rings. The zero-order valence-electron chi connectivity index (χ0n) is 11.3. The van der Waals surface area contributed by atoms with Gasteiger partial charge in [-0.1, -0.05) is 30.3 Å². The fraction of sp³-hybridized carbons (Fsp3) is 0.600. The summed E-state index contributed by atoms with van der Waals surface area (Å²) in [5.41, 5.74) is 1.46. The molecular weight excluding hydrogens is 208 g/mol. The molecule has 1 heterocycles. The van der Waals surface area contributed by atoms with Gasteiger partial charge in [0.05, 0.1) is 0 Å². The summed E-state index contributed by atoms with van der Waals surface area (Å²) in [4.78, 5) is 5.08. The van der Waals surface area contributed by atoms with Gasteiger partial charge < -0.3 is 0 Å². The maximum absolute atomic E-state index is 2.58. The highest BCUT2D eigenvalue weighted by Crippen LogP contribution is 2.25. The van der Waals surface area contributed by atoms with E-state index in [0.29, 0.717) is 12.1 Å². The second-order valence-electron chi connectivity index (χ2n) is 5.33. The van der Waals surface area contributed by atoms with Crippen LogP contribution in [0.4, 0.5) is 0 Å². The normalized spacial score (nSPS) is 23.9. The first kappa shape index (κ1) is 12.6. The molecule has 1 aliphatic heterocycles. The van der Waals surface area contributed by atoms with Crippen LogP contribution in [-0.4, -0.2) is 42.5 Å². The Labute approximate surface area is 105 Å². The third-order valence-corrected chi connectivity index (χ3v) is 3.88. The van der Waals surface area contributed by atoms with Gasteiger partial charge in [0, 0.05) is 31.7 Å². The fourth-order valence-electron chi connectivity index (χ4n) is 2.68. The lowest BCUT2D eigenvalue weighted by Gasteiger charge is -2.25. The molecule has 2 heteroatoms. The van der Waals surface area contributed by atoms with Crippen molar-refractivity contribution >= 4 is 0 Å². The molecule has 2 rings (SSSR count). The van der Waals surface area contributed by atoms with Crippen LogP contribution in [0.1, 0.15) is 31.9 Å². The first-order valence-corrected chi connectivity index (χ1v) is 6.67. The molecule has 1 fully saturated rings. The molecule has 0 radical (unpaired) electrons. The Kier molecular flexibility index (Phi) is 4.19. The van der Waals surface area contributed by atoms with E-state index in [4.69, 9.17) is 0 Å². The minimum absolute atomic E-state index is 0.583. The molecule has 0 N–H and O–H groups in total. The molecule has 1 aromatic rings. The van der Waals surface area contributed by atoms with Gasteiger partial charge in [-0.15, -0.1) is 0 Å². The topological polar surface area (TPSA) is 6.48 Å². The average Bonchev–Trinajstić information content (AvgIpc) is 2.52.